The molecule has 2 aromatic rings. The summed E-state index contributed by atoms with van der Waals surface area (Å²) < 4.78 is 5.10. The van der Waals surface area contributed by atoms with Crippen molar-refractivity contribution < 1.29 is 4.74 Å². The van der Waals surface area contributed by atoms with Gasteiger partial charge < -0.3 is 10.1 Å². The van der Waals surface area contributed by atoms with E-state index >= 15 is 0 Å². The van der Waals surface area contributed by atoms with Crippen molar-refractivity contribution >= 4 is 28.7 Å². The van der Waals surface area contributed by atoms with Crippen LogP contribution in [-0.2, 0) is 0 Å². The number of nitrogens with zero attached hydrogens (tertiary/aromatic N) is 2. The lowest BCUT2D eigenvalue weighted by atomic mass is 10.3. The highest BCUT2D eigenvalue weighted by Crippen LogP contribution is 2.14. The zero-order chi connectivity index (χ0) is 15.1. The summed E-state index contributed by atoms with van der Waals surface area (Å²) in [6.07, 6.45) is 1.72. The number of thiocarbonyl (C=S) groups is 1. The van der Waals surface area contributed by atoms with Gasteiger partial charge >= 0.3 is 0 Å². The maximum Gasteiger partial charge on any atom is 0.191 e. The van der Waals surface area contributed by atoms with Gasteiger partial charge in [0.1, 0.15) is 5.75 Å². The third kappa shape index (κ3) is 4.54. The molecule has 0 radical (unpaired) electrons. The molecular weight excluding hydrogens is 284 g/mol. The molecule has 0 aliphatic carbocycles. The average molecular weight is 300 g/mol. The van der Waals surface area contributed by atoms with Crippen LogP contribution in [0.2, 0.25) is 0 Å². The van der Waals surface area contributed by atoms with Gasteiger partial charge in [-0.1, -0.05) is 6.07 Å². The Bertz CT molecular complexity index is 626. The number of hydrogen-bond acceptors (Lipinski definition) is 4. The molecule has 0 fully saturated rings. The fraction of sp³-hybridized carbons (Fsp3) is 0.133. The van der Waals surface area contributed by atoms with E-state index in [1.165, 1.54) is 0 Å². The summed E-state index contributed by atoms with van der Waals surface area (Å²) in [7, 11) is 1.63. The van der Waals surface area contributed by atoms with Crippen molar-refractivity contribution in [1.29, 1.82) is 0 Å². The molecule has 2 N–H and O–H groups in total. The molecule has 0 amide bonds. The number of hydrazone groups is 1. The molecule has 0 saturated heterocycles. The number of aromatic nitrogens is 1. The summed E-state index contributed by atoms with van der Waals surface area (Å²) in [5.41, 5.74) is 5.22. The van der Waals surface area contributed by atoms with Gasteiger partial charge in [-0.25, -0.2) is 0 Å². The number of ether oxygens (including phenoxy) is 1. The molecule has 0 aliphatic rings. The van der Waals surface area contributed by atoms with E-state index in [-0.39, 0.29) is 0 Å². The Morgan fingerprint density at radius 3 is 2.57 bits per heavy atom. The molecule has 0 atom stereocenters. The molecule has 0 unspecified atom stereocenters. The number of methoxy groups -OCH3 is 1. The monoisotopic (exact) mass is 300 g/mol. The normalized spacial score (nSPS) is 10.9. The lowest BCUT2D eigenvalue weighted by molar-refractivity contribution is 0.415. The molecular formula is C15H16N4OS. The van der Waals surface area contributed by atoms with E-state index in [0.29, 0.717) is 5.11 Å². The standard InChI is InChI=1S/C15H16N4OS/c1-11(14-5-3-4-10-16-14)18-19-15(21)17-12-6-8-13(20-2)9-7-12/h3-10H,1-2H3,(H2,17,19,21)/b18-11-. The fourth-order valence-electron chi connectivity index (χ4n) is 1.60. The van der Waals surface area contributed by atoms with Crippen molar-refractivity contribution in [2.24, 2.45) is 5.10 Å². The van der Waals surface area contributed by atoms with Gasteiger partial charge in [-0.05, 0) is 55.5 Å². The van der Waals surface area contributed by atoms with Gasteiger partial charge in [-0.15, -0.1) is 0 Å². The minimum Gasteiger partial charge on any atom is -0.497 e. The van der Waals surface area contributed by atoms with Crippen LogP contribution in [0.3, 0.4) is 0 Å². The summed E-state index contributed by atoms with van der Waals surface area (Å²) in [5.74, 6) is 0.795. The Hall–Kier alpha value is -2.47. The van der Waals surface area contributed by atoms with Crippen molar-refractivity contribution in [3.05, 3.63) is 54.4 Å². The average Bonchev–Trinajstić information content (AvgIpc) is 2.54. The van der Waals surface area contributed by atoms with Crippen LogP contribution in [0.15, 0.2) is 53.8 Å². The van der Waals surface area contributed by atoms with Crippen LogP contribution in [0.4, 0.5) is 5.69 Å². The maximum atomic E-state index is 5.18. The first-order chi connectivity index (χ1) is 10.2. The van der Waals surface area contributed by atoms with E-state index in [9.17, 15) is 0 Å². The Balaban J connectivity index is 1.92. The molecule has 0 aliphatic heterocycles. The topological polar surface area (TPSA) is 58.5 Å². The van der Waals surface area contributed by atoms with E-state index in [4.69, 9.17) is 17.0 Å². The fourth-order valence-corrected chi connectivity index (χ4v) is 1.77. The van der Waals surface area contributed by atoms with Crippen molar-refractivity contribution in [2.45, 2.75) is 6.92 Å². The molecule has 1 aromatic carbocycles. The van der Waals surface area contributed by atoms with Crippen molar-refractivity contribution in [3.8, 4) is 5.75 Å². The quantitative estimate of drug-likeness (QED) is 0.516. The van der Waals surface area contributed by atoms with Crippen LogP contribution in [0.5, 0.6) is 5.75 Å². The van der Waals surface area contributed by atoms with Gasteiger partial charge in [-0.2, -0.15) is 5.10 Å². The highest BCUT2D eigenvalue weighted by atomic mass is 32.1. The number of benzene rings is 1. The first kappa shape index (κ1) is 14.9. The van der Waals surface area contributed by atoms with Gasteiger partial charge in [0.25, 0.3) is 0 Å². The second kappa shape index (κ2) is 7.35. The molecule has 5 nitrogen and oxygen atoms in total. The van der Waals surface area contributed by atoms with E-state index in [1.54, 1.807) is 13.3 Å². The lowest BCUT2D eigenvalue weighted by Crippen LogP contribution is -2.25. The lowest BCUT2D eigenvalue weighted by Gasteiger charge is -2.08. The van der Waals surface area contributed by atoms with E-state index in [0.717, 1.165) is 22.8 Å². The zero-order valence-corrected chi connectivity index (χ0v) is 12.6. The van der Waals surface area contributed by atoms with Gasteiger partial charge in [0.2, 0.25) is 0 Å². The van der Waals surface area contributed by atoms with Crippen LogP contribution in [0.1, 0.15) is 12.6 Å². The summed E-state index contributed by atoms with van der Waals surface area (Å²) >= 11 is 5.18. The van der Waals surface area contributed by atoms with Gasteiger partial charge in [0, 0.05) is 11.9 Å². The Morgan fingerprint density at radius 1 is 1.19 bits per heavy atom. The van der Waals surface area contributed by atoms with Crippen LogP contribution in [0.25, 0.3) is 0 Å². The van der Waals surface area contributed by atoms with Crippen molar-refractivity contribution in [2.75, 3.05) is 12.4 Å². The summed E-state index contributed by atoms with van der Waals surface area (Å²) in [5, 5.41) is 7.65. The highest BCUT2D eigenvalue weighted by Gasteiger charge is 2.00. The zero-order valence-electron chi connectivity index (χ0n) is 11.8. The first-order valence-electron chi connectivity index (χ1n) is 6.36. The summed E-state index contributed by atoms with van der Waals surface area (Å²) in [6, 6.07) is 13.1. The molecule has 108 valence electrons. The minimum absolute atomic E-state index is 0.412. The number of hydrogen-bond donors (Lipinski definition) is 2. The second-order valence-corrected chi connectivity index (χ2v) is 4.61. The van der Waals surface area contributed by atoms with Crippen LogP contribution in [0, 0.1) is 0 Å². The molecule has 1 aromatic heterocycles. The van der Waals surface area contributed by atoms with Gasteiger partial charge in [-0.3, -0.25) is 10.4 Å². The first-order valence-corrected chi connectivity index (χ1v) is 6.76. The Morgan fingerprint density at radius 2 is 1.95 bits per heavy atom. The second-order valence-electron chi connectivity index (χ2n) is 4.21. The van der Waals surface area contributed by atoms with Gasteiger partial charge in [0.05, 0.1) is 18.5 Å². The molecule has 2 rings (SSSR count). The molecule has 0 saturated carbocycles. The largest absolute Gasteiger partial charge is 0.497 e. The smallest absolute Gasteiger partial charge is 0.191 e. The van der Waals surface area contributed by atoms with Crippen LogP contribution >= 0.6 is 12.2 Å². The Kier molecular flexibility index (Phi) is 5.22. The van der Waals surface area contributed by atoms with Crippen LogP contribution in [-0.4, -0.2) is 22.9 Å². The third-order valence-electron chi connectivity index (χ3n) is 2.71. The molecule has 1 heterocycles. The van der Waals surface area contributed by atoms with E-state index in [1.807, 2.05) is 49.4 Å². The highest BCUT2D eigenvalue weighted by molar-refractivity contribution is 7.80. The van der Waals surface area contributed by atoms with Crippen LogP contribution < -0.4 is 15.5 Å². The number of rotatable bonds is 4. The predicted octanol–water partition coefficient (Wildman–Crippen LogP) is 2.80. The minimum atomic E-state index is 0.412. The van der Waals surface area contributed by atoms with Crippen molar-refractivity contribution in [3.63, 3.8) is 0 Å². The SMILES string of the molecule is COc1ccc(NC(=S)N/N=C(/C)c2ccccn2)cc1. The predicted molar refractivity (Wildman–Crippen MR) is 88.8 cm³/mol. The molecule has 21 heavy (non-hydrogen) atoms. The molecule has 0 spiro atoms. The molecule has 0 bridgehead atoms. The van der Waals surface area contributed by atoms with Crippen molar-refractivity contribution in [1.82, 2.24) is 10.4 Å². The third-order valence-corrected chi connectivity index (χ3v) is 2.90. The van der Waals surface area contributed by atoms with Gasteiger partial charge in [0.15, 0.2) is 5.11 Å². The number of anilines is 1. The number of pyridine rings is 1. The molecule has 6 heteroatoms. The Labute approximate surface area is 129 Å². The summed E-state index contributed by atoms with van der Waals surface area (Å²) in [6.45, 7) is 1.87. The number of nitrogens with one attached hydrogen (secondary N) is 2. The maximum absolute atomic E-state index is 5.18. The summed E-state index contributed by atoms with van der Waals surface area (Å²) in [4.78, 5) is 4.21. The van der Waals surface area contributed by atoms with E-state index < -0.39 is 0 Å². The van der Waals surface area contributed by atoms with E-state index in [2.05, 4.69) is 20.8 Å².